The molecule has 53 heavy (non-hydrogen) atoms. The number of carbonyl (C=O) groups is 2. The average Bonchev–Trinajstić information content (AvgIpc) is 3.70. The Morgan fingerprint density at radius 3 is 2.32 bits per heavy atom. The number of ether oxygens (including phenoxy) is 1. The number of pyridine rings is 1. The molecule has 0 atom stereocenters. The van der Waals surface area contributed by atoms with Gasteiger partial charge in [0.1, 0.15) is 11.3 Å². The van der Waals surface area contributed by atoms with E-state index < -0.39 is 45.1 Å². The highest BCUT2D eigenvalue weighted by molar-refractivity contribution is 7.90. The molecular formula is C35H37F3N8O6S. The molecule has 1 aromatic carbocycles. The largest absolute Gasteiger partial charge is 0.481 e. The van der Waals surface area contributed by atoms with Gasteiger partial charge in [0.25, 0.3) is 15.8 Å². The summed E-state index contributed by atoms with van der Waals surface area (Å²) in [6.45, 7) is 15.9. The molecule has 280 valence electrons. The number of amides is 1. The molecule has 0 aliphatic heterocycles. The lowest BCUT2D eigenvalue weighted by Gasteiger charge is -2.24. The van der Waals surface area contributed by atoms with Gasteiger partial charge in [-0.3, -0.25) is 9.48 Å². The second kappa shape index (κ2) is 14.0. The highest BCUT2D eigenvalue weighted by Gasteiger charge is 2.40. The summed E-state index contributed by atoms with van der Waals surface area (Å²) in [5.74, 6) is -1.09. The van der Waals surface area contributed by atoms with E-state index in [-0.39, 0.29) is 75.8 Å². The van der Waals surface area contributed by atoms with Gasteiger partial charge in [-0.2, -0.15) is 18.3 Å². The van der Waals surface area contributed by atoms with Crippen molar-refractivity contribution in [1.82, 2.24) is 33.4 Å². The Morgan fingerprint density at radius 1 is 1.08 bits per heavy atom. The number of aryl methyl sites for hydroxylation is 3. The summed E-state index contributed by atoms with van der Waals surface area (Å²) in [5.41, 5.74) is -1.49. The number of carbonyl (C=O) groups excluding carboxylic acids is 1. The molecule has 1 amide bonds. The van der Waals surface area contributed by atoms with Gasteiger partial charge >= 0.3 is 18.2 Å². The van der Waals surface area contributed by atoms with Gasteiger partial charge in [-0.25, -0.2) is 26.9 Å². The van der Waals surface area contributed by atoms with Crippen LogP contribution in [-0.2, 0) is 45.9 Å². The van der Waals surface area contributed by atoms with E-state index in [1.807, 2.05) is 0 Å². The second-order valence-electron chi connectivity index (χ2n) is 13.5. The van der Waals surface area contributed by atoms with Crippen LogP contribution in [0.4, 0.5) is 23.8 Å². The molecule has 5 rings (SSSR count). The number of aliphatic carboxylic acids is 1. The van der Waals surface area contributed by atoms with Gasteiger partial charge in [-0.15, -0.1) is 5.10 Å². The number of fused-ring (bicyclic) bond motifs is 1. The smallest absolute Gasteiger partial charge is 0.435 e. The van der Waals surface area contributed by atoms with Crippen molar-refractivity contribution in [3.05, 3.63) is 76.8 Å². The Bertz CT molecular complexity index is 2380. The molecule has 0 aliphatic carbocycles. The van der Waals surface area contributed by atoms with Crippen LogP contribution in [0.3, 0.4) is 0 Å². The number of carboxylic acids is 1. The molecule has 18 heteroatoms. The first kappa shape index (κ1) is 38.5. The summed E-state index contributed by atoms with van der Waals surface area (Å²) in [6.07, 6.45) is -3.56. The standard InChI is InChI=1S/C35H37F3N8O6S/c1-20-11-13-23(14-12-20)53(50,51)46-21(2)28(25-18-45(15-9-10-27(47)48)42-30(25)35(36,37)38)24-16-22(17-40-31(24)46)29-26(41-44(8)32(29)39-6)19-43(7)33(49)52-34(3,4)5/h11-14,16-18H,9-10,15,19H2,1-5,7-8H3,(H,47,48). The molecule has 4 heterocycles. The first-order chi connectivity index (χ1) is 24.6. The van der Waals surface area contributed by atoms with Crippen LogP contribution in [0.5, 0.6) is 0 Å². The van der Waals surface area contributed by atoms with E-state index in [4.69, 9.17) is 16.4 Å². The van der Waals surface area contributed by atoms with Gasteiger partial charge < -0.3 is 19.6 Å². The minimum atomic E-state index is -4.99. The molecular weight excluding hydrogens is 717 g/mol. The lowest BCUT2D eigenvalue weighted by molar-refractivity contribution is -0.141. The second-order valence-corrected chi connectivity index (χ2v) is 15.3. The maximum Gasteiger partial charge on any atom is 0.435 e. The Hall–Kier alpha value is -5.70. The van der Waals surface area contributed by atoms with E-state index in [1.54, 1.807) is 39.8 Å². The van der Waals surface area contributed by atoms with Gasteiger partial charge in [0.05, 0.1) is 18.5 Å². The number of rotatable bonds is 10. The predicted octanol–water partition coefficient (Wildman–Crippen LogP) is 6.96. The fourth-order valence-corrected chi connectivity index (χ4v) is 7.41. The maximum atomic E-state index is 14.7. The van der Waals surface area contributed by atoms with Crippen LogP contribution in [0.25, 0.3) is 38.1 Å². The zero-order valence-electron chi connectivity index (χ0n) is 30.0. The van der Waals surface area contributed by atoms with Crippen LogP contribution in [0.15, 0.2) is 47.6 Å². The van der Waals surface area contributed by atoms with Gasteiger partial charge in [0, 0.05) is 60.2 Å². The lowest BCUT2D eigenvalue weighted by Crippen LogP contribution is -2.34. The number of alkyl halides is 3. The first-order valence-electron chi connectivity index (χ1n) is 16.2. The minimum Gasteiger partial charge on any atom is -0.481 e. The van der Waals surface area contributed by atoms with Crippen molar-refractivity contribution < 1.29 is 41.0 Å². The van der Waals surface area contributed by atoms with Crippen LogP contribution < -0.4 is 0 Å². The molecule has 0 spiro atoms. The van der Waals surface area contributed by atoms with Crippen LogP contribution in [-0.4, -0.2) is 71.7 Å². The van der Waals surface area contributed by atoms with Crippen LogP contribution in [0, 0.1) is 20.4 Å². The quantitative estimate of drug-likeness (QED) is 0.149. The van der Waals surface area contributed by atoms with Crippen molar-refractivity contribution in [3.8, 4) is 22.3 Å². The average molecular weight is 755 g/mol. The molecule has 0 saturated carbocycles. The fourth-order valence-electron chi connectivity index (χ4n) is 5.90. The van der Waals surface area contributed by atoms with E-state index in [1.165, 1.54) is 55.0 Å². The molecule has 1 N–H and O–H groups in total. The Kier molecular flexibility index (Phi) is 10.2. The molecule has 0 bridgehead atoms. The fraction of sp³-hybridized carbons (Fsp3) is 0.371. The highest BCUT2D eigenvalue weighted by atomic mass is 32.2. The summed E-state index contributed by atoms with van der Waals surface area (Å²) in [5, 5.41) is 17.3. The van der Waals surface area contributed by atoms with Gasteiger partial charge in [-0.1, -0.05) is 24.3 Å². The van der Waals surface area contributed by atoms with Crippen LogP contribution in [0.2, 0.25) is 0 Å². The van der Waals surface area contributed by atoms with Crippen LogP contribution >= 0.6 is 0 Å². The van der Waals surface area contributed by atoms with E-state index >= 15 is 0 Å². The number of carboxylic acid groups (broad SMARTS) is 1. The number of nitrogens with zero attached hydrogens (tertiary/aromatic N) is 8. The molecule has 0 fully saturated rings. The zero-order chi connectivity index (χ0) is 39.2. The van der Waals surface area contributed by atoms with Crippen molar-refractivity contribution >= 4 is 38.9 Å². The summed E-state index contributed by atoms with van der Waals surface area (Å²) in [7, 11) is -1.44. The van der Waals surface area contributed by atoms with Crippen molar-refractivity contribution in [3.63, 3.8) is 0 Å². The molecule has 0 saturated heterocycles. The topological polar surface area (TPSA) is 159 Å². The van der Waals surface area contributed by atoms with E-state index in [0.717, 1.165) is 20.4 Å². The molecule has 14 nitrogen and oxygen atoms in total. The Labute approximate surface area is 303 Å². The predicted molar refractivity (Wildman–Crippen MR) is 187 cm³/mol. The van der Waals surface area contributed by atoms with Gasteiger partial charge in [0.15, 0.2) is 11.3 Å². The number of halogens is 3. The maximum absolute atomic E-state index is 14.7. The molecule has 4 aromatic heterocycles. The molecule has 0 aliphatic rings. The van der Waals surface area contributed by atoms with E-state index in [0.29, 0.717) is 0 Å². The monoisotopic (exact) mass is 754 g/mol. The number of aromatic nitrogens is 6. The zero-order valence-corrected chi connectivity index (χ0v) is 30.8. The Morgan fingerprint density at radius 2 is 1.74 bits per heavy atom. The first-order valence-corrected chi connectivity index (χ1v) is 17.7. The molecule has 0 unspecified atom stereocenters. The summed E-state index contributed by atoms with van der Waals surface area (Å²) in [6, 6.07) is 7.39. The van der Waals surface area contributed by atoms with Crippen molar-refractivity contribution in [1.29, 1.82) is 0 Å². The van der Waals surface area contributed by atoms with Crippen molar-refractivity contribution in [2.45, 2.75) is 77.2 Å². The van der Waals surface area contributed by atoms with Gasteiger partial charge in [-0.05, 0) is 64.8 Å². The third-order valence-corrected chi connectivity index (χ3v) is 10.0. The SMILES string of the molecule is [C-]#[N+]c1c(-c2cnc3c(c2)c(-c2cn(CCCC(=O)O)nc2C(F)(F)F)c(C)n3S(=O)(=O)c2ccc(C)cc2)c(CN(C)C(=O)OC(C)(C)C)nn1C. The van der Waals surface area contributed by atoms with E-state index in [2.05, 4.69) is 20.0 Å². The minimum absolute atomic E-state index is 0.00231. The van der Waals surface area contributed by atoms with Gasteiger partial charge in [0.2, 0.25) is 0 Å². The normalized spacial score (nSPS) is 12.2. The van der Waals surface area contributed by atoms with Crippen LogP contribution in [0.1, 0.15) is 56.3 Å². The number of benzene rings is 1. The summed E-state index contributed by atoms with van der Waals surface area (Å²) < 4.78 is 81.1. The van der Waals surface area contributed by atoms with E-state index in [9.17, 15) is 31.2 Å². The lowest BCUT2D eigenvalue weighted by atomic mass is 10.00. The number of hydrogen-bond donors (Lipinski definition) is 1. The Balaban J connectivity index is 1.79. The molecule has 5 aromatic rings. The van der Waals surface area contributed by atoms with Crippen molar-refractivity contribution in [2.24, 2.45) is 7.05 Å². The molecule has 0 radical (unpaired) electrons. The highest BCUT2D eigenvalue weighted by Crippen LogP contribution is 2.44. The summed E-state index contributed by atoms with van der Waals surface area (Å²) in [4.78, 5) is 33.2. The third-order valence-electron chi connectivity index (χ3n) is 8.21. The van der Waals surface area contributed by atoms with Crippen molar-refractivity contribution in [2.75, 3.05) is 7.05 Å². The summed E-state index contributed by atoms with van der Waals surface area (Å²) >= 11 is 0. The third kappa shape index (κ3) is 7.75. The number of hydrogen-bond acceptors (Lipinski definition) is 8.